The van der Waals surface area contributed by atoms with Crippen molar-refractivity contribution in [2.45, 2.75) is 27.7 Å². The van der Waals surface area contributed by atoms with E-state index >= 15 is 0 Å². The number of hydrogen-bond acceptors (Lipinski definition) is 22. The van der Waals surface area contributed by atoms with E-state index in [1.165, 1.54) is 52.7 Å². The maximum absolute atomic E-state index is 11.0. The fourth-order valence-corrected chi connectivity index (χ4v) is 3.06. The molecule has 0 aliphatic heterocycles. The van der Waals surface area contributed by atoms with Crippen LogP contribution in [0.3, 0.4) is 0 Å². The minimum absolute atomic E-state index is 0. The molecule has 0 unspecified atom stereocenters. The number of aliphatic carboxylic acids is 4. The molecule has 26 nitrogen and oxygen atoms in total. The number of hydrogen-bond donors (Lipinski definition) is 4. The zero-order chi connectivity index (χ0) is 51.4. The topological polar surface area (TPSA) is 545 Å². The first-order chi connectivity index (χ1) is 29.9. The maximum atomic E-state index is 11.0. The van der Waals surface area contributed by atoms with Crippen LogP contribution in [-0.4, -0.2) is 90.1 Å². The summed E-state index contributed by atoms with van der Waals surface area (Å²) < 4.78 is 18.4. The number of carboxylic acids is 4. The first-order valence-corrected chi connectivity index (χ1v) is 17.0. The van der Waals surface area contributed by atoms with Crippen molar-refractivity contribution in [3.63, 3.8) is 0 Å². The minimum atomic E-state index is -1.08. The second-order valence-corrected chi connectivity index (χ2v) is 10.1. The molecule has 0 aliphatic rings. The average molecular weight is 1290 g/mol. The molecule has 32 heteroatoms. The predicted octanol–water partition coefficient (Wildman–Crippen LogP) is -4.58. The van der Waals surface area contributed by atoms with Crippen molar-refractivity contribution in [3.05, 3.63) is 119 Å². The van der Waals surface area contributed by atoms with Gasteiger partial charge in [0.2, 0.25) is 23.6 Å². The summed E-state index contributed by atoms with van der Waals surface area (Å²) in [4.78, 5) is 35.6. The molecule has 0 fully saturated rings. The van der Waals surface area contributed by atoms with Gasteiger partial charge in [0.15, 0.2) is 0 Å². The van der Waals surface area contributed by atoms with Gasteiger partial charge in [-0.2, -0.15) is 14.2 Å². The van der Waals surface area contributed by atoms with E-state index in [0.29, 0.717) is 22.3 Å². The first kappa shape index (κ1) is 113. The third-order valence-electron chi connectivity index (χ3n) is 5.34. The van der Waals surface area contributed by atoms with Gasteiger partial charge in [-0.3, -0.25) is 21.6 Å². The van der Waals surface area contributed by atoms with Gasteiger partial charge in [-0.15, -0.1) is 0 Å². The van der Waals surface area contributed by atoms with E-state index in [0.717, 1.165) is 41.9 Å². The fourth-order valence-electron chi connectivity index (χ4n) is 3.06. The Bertz CT molecular complexity index is 1700. The van der Waals surface area contributed by atoms with Gasteiger partial charge >= 0.3 is 102 Å². The maximum Gasteiger partial charge on any atom is 3.00 e. The zero-order valence-corrected chi connectivity index (χ0v) is 47.6. The summed E-state index contributed by atoms with van der Waals surface area (Å²) in [5.74, 6) is -5.41. The molecule has 4 rings (SSSR count). The van der Waals surface area contributed by atoms with Crippen LogP contribution in [0.5, 0.6) is 23.0 Å². The van der Waals surface area contributed by atoms with Crippen LogP contribution >= 0.6 is 0 Å². The Morgan fingerprint density at radius 2 is 0.419 bits per heavy atom. The molecular formula is C42H50Mn6N4O22. The van der Waals surface area contributed by atoms with Gasteiger partial charge in [0.25, 0.3) is 0 Å². The van der Waals surface area contributed by atoms with E-state index in [-0.39, 0.29) is 171 Å². The van der Waals surface area contributed by atoms with Crippen molar-refractivity contribution in [1.82, 2.24) is 0 Å². The monoisotopic (exact) mass is 1290 g/mol. The molecule has 0 amide bonds. The van der Waals surface area contributed by atoms with Gasteiger partial charge in [-0.1, -0.05) is 120 Å². The summed E-state index contributed by atoms with van der Waals surface area (Å²) in [5.41, 5.74) is 1.20. The zero-order valence-electron chi connectivity index (χ0n) is 40.5. The minimum Gasteiger partial charge on any atom is -2.00 e. The van der Waals surface area contributed by atoms with E-state index in [9.17, 15) is 20.4 Å². The molecule has 0 radical (unpaired) electrons. The van der Waals surface area contributed by atoms with Gasteiger partial charge < -0.3 is 111 Å². The number of rotatable bonds is 4. The predicted molar refractivity (Wildman–Crippen MR) is 216 cm³/mol. The molecule has 0 saturated carbocycles. The van der Waals surface area contributed by atoms with Crippen molar-refractivity contribution in [1.29, 1.82) is 21.6 Å². The SMILES string of the molecule is CC(=O)[O-].CC(=O)[O-].CC(=O)[O-].CC(=O)[O-].COC(=N)c1ccccc1[O-].COC(=N)c1ccccc1[O-].COC(=N)c1ccccc1[O-].COC(=N)c1ccccc1[O-].C[O-].C[O-].[Mn+3].[Mn+3].[Mn+3].[Mn+3].[Mn+3].[Mn+3].[O-2].[O-2].[O-2].[O-2]. The Kier molecular flexibility index (Phi) is 117. The number of carboxylic acid groups (broad SMARTS) is 4. The first-order valence-electron chi connectivity index (χ1n) is 17.0. The second kappa shape index (κ2) is 76.6. The van der Waals surface area contributed by atoms with Gasteiger partial charge in [-0.05, 0) is 27.7 Å². The fraction of sp³-hybridized carbons (Fsp3) is 0.238. The second-order valence-electron chi connectivity index (χ2n) is 10.1. The molecule has 0 bridgehead atoms. The summed E-state index contributed by atoms with van der Waals surface area (Å²) in [6, 6.07) is 25.2. The Balaban J connectivity index is -0.0000000372. The summed E-state index contributed by atoms with van der Waals surface area (Å²) >= 11 is 0. The van der Waals surface area contributed by atoms with E-state index in [1.54, 1.807) is 72.8 Å². The number of ether oxygens (including phenoxy) is 4. The van der Waals surface area contributed by atoms with Crippen LogP contribution in [0.15, 0.2) is 97.1 Å². The number of methoxy groups -OCH3 is 4. The van der Waals surface area contributed by atoms with Crippen LogP contribution in [0.2, 0.25) is 0 Å². The Hall–Kier alpha value is -5.28. The van der Waals surface area contributed by atoms with E-state index in [2.05, 4.69) is 18.9 Å². The normalized spacial score (nSPS) is 6.97. The standard InChI is InChI=1S/4C8H9NO2.4C2H4O2.2CH3O.6Mn.4O/c4*1-11-8(9)6-4-2-3-5-7(6)10;4*1-2(3)4;2*1-2;;;;;;;;;;/h4*2-5,9-10H,1H3;4*1H3,(H,3,4);2*1H3;;;;;;;;;;/q;;;;;;;;2*-1;6*+3;4*-2/p-8. The molecular weight excluding hydrogens is 1240 g/mol. The summed E-state index contributed by atoms with van der Waals surface area (Å²) in [6.45, 7) is 3.89. The van der Waals surface area contributed by atoms with Gasteiger partial charge in [-0.25, -0.2) is 0 Å². The largest absolute Gasteiger partial charge is 3.00 e. The Labute approximate surface area is 492 Å². The van der Waals surface area contributed by atoms with Crippen molar-refractivity contribution in [3.8, 4) is 23.0 Å². The Morgan fingerprint density at radius 3 is 0.500 bits per heavy atom. The summed E-state index contributed by atoms with van der Waals surface area (Å²) in [6.07, 6.45) is 0. The molecule has 4 aromatic rings. The van der Waals surface area contributed by atoms with Gasteiger partial charge in [0.05, 0.1) is 28.4 Å². The smallest absolute Gasteiger partial charge is 2.00 e. The van der Waals surface area contributed by atoms with Gasteiger partial charge in [0.1, 0.15) is 0 Å². The number of benzene rings is 4. The van der Waals surface area contributed by atoms with Crippen LogP contribution in [0, 0.1) is 21.6 Å². The van der Waals surface area contributed by atoms with Crippen LogP contribution in [0.25, 0.3) is 0 Å². The number of nitrogens with one attached hydrogen (secondary N) is 4. The van der Waals surface area contributed by atoms with Crippen LogP contribution in [-0.2, 0) is 162 Å². The van der Waals surface area contributed by atoms with Crippen LogP contribution < -0.4 is 51.1 Å². The molecule has 412 valence electrons. The number of para-hydroxylation sites is 4. The molecule has 0 atom stereocenters. The summed E-state index contributed by atoms with van der Waals surface area (Å²) in [7, 11) is 6.98. The van der Waals surface area contributed by atoms with Crippen LogP contribution in [0.4, 0.5) is 0 Å². The molecule has 4 aromatic carbocycles. The van der Waals surface area contributed by atoms with Crippen molar-refractivity contribution < 1.29 is 214 Å². The molecule has 4 N–H and O–H groups in total. The van der Waals surface area contributed by atoms with Gasteiger partial charge in [0, 0.05) is 46.1 Å². The number of carbonyl (C=O) groups is 4. The molecule has 0 saturated heterocycles. The molecule has 0 aromatic heterocycles. The van der Waals surface area contributed by atoms with Crippen molar-refractivity contribution in [2.75, 3.05) is 42.7 Å². The molecule has 74 heavy (non-hydrogen) atoms. The number of carbonyl (C=O) groups excluding carboxylic acids is 4. The Morgan fingerprint density at radius 1 is 0.324 bits per heavy atom. The molecule has 0 spiro atoms. The van der Waals surface area contributed by atoms with Crippen LogP contribution in [0.1, 0.15) is 49.9 Å². The third-order valence-corrected chi connectivity index (χ3v) is 5.34. The van der Waals surface area contributed by atoms with E-state index in [4.69, 9.17) is 71.5 Å². The third kappa shape index (κ3) is 73.3. The molecule has 0 aliphatic carbocycles. The van der Waals surface area contributed by atoms with E-state index in [1.807, 2.05) is 0 Å². The quantitative estimate of drug-likeness (QED) is 0.0849. The van der Waals surface area contributed by atoms with Crippen molar-refractivity contribution in [2.24, 2.45) is 0 Å². The average Bonchev–Trinajstić information content (AvgIpc) is 3.24. The van der Waals surface area contributed by atoms with E-state index < -0.39 is 23.9 Å². The van der Waals surface area contributed by atoms with Crippen molar-refractivity contribution >= 4 is 47.5 Å². The summed E-state index contributed by atoms with van der Waals surface area (Å²) in [5, 5.41) is 125. The molecule has 0 heterocycles.